The lowest BCUT2D eigenvalue weighted by atomic mass is 10.1. The van der Waals surface area contributed by atoms with Gasteiger partial charge < -0.3 is 10.5 Å². The average molecular weight is 298 g/mol. The van der Waals surface area contributed by atoms with Gasteiger partial charge in [0.1, 0.15) is 0 Å². The molecule has 4 nitrogen and oxygen atoms in total. The summed E-state index contributed by atoms with van der Waals surface area (Å²) >= 11 is 0. The summed E-state index contributed by atoms with van der Waals surface area (Å²) in [5.41, 5.74) is 9.88. The van der Waals surface area contributed by atoms with Gasteiger partial charge in [0.05, 0.1) is 6.61 Å². The zero-order valence-corrected chi connectivity index (χ0v) is 13.0. The number of hydrogen-bond acceptors (Lipinski definition) is 3. The highest BCUT2D eigenvalue weighted by atomic mass is 16.5. The van der Waals surface area contributed by atoms with Crippen molar-refractivity contribution in [1.29, 1.82) is 0 Å². The number of ether oxygens (including phenoxy) is 1. The Morgan fingerprint density at radius 2 is 2.00 bits per heavy atom. The van der Waals surface area contributed by atoms with Crippen molar-refractivity contribution >= 4 is 11.8 Å². The normalized spacial score (nSPS) is 11.8. The molecule has 1 amide bonds. The standard InChI is InChI=1S/C18H22N2O2/c1-13-6-3-4-7-15(13)10-11-22-18(21)20-17-9-5-8-16(12-17)14(2)19/h3-9,12,14H,10-11,19H2,1-2H3,(H,20,21)/t14-/m1/s1. The maximum absolute atomic E-state index is 11.8. The summed E-state index contributed by atoms with van der Waals surface area (Å²) in [6.45, 7) is 4.30. The summed E-state index contributed by atoms with van der Waals surface area (Å²) in [4.78, 5) is 11.8. The van der Waals surface area contributed by atoms with E-state index in [1.54, 1.807) is 0 Å². The highest BCUT2D eigenvalue weighted by molar-refractivity contribution is 5.84. The van der Waals surface area contributed by atoms with Crippen molar-refractivity contribution in [3.8, 4) is 0 Å². The molecule has 22 heavy (non-hydrogen) atoms. The number of carbonyl (C=O) groups is 1. The van der Waals surface area contributed by atoms with Crippen LogP contribution in [0.2, 0.25) is 0 Å². The van der Waals surface area contributed by atoms with Gasteiger partial charge >= 0.3 is 6.09 Å². The Hall–Kier alpha value is -2.33. The molecule has 1 atom stereocenters. The van der Waals surface area contributed by atoms with Crippen LogP contribution in [0.5, 0.6) is 0 Å². The molecular weight excluding hydrogens is 276 g/mol. The number of nitrogens with one attached hydrogen (secondary N) is 1. The van der Waals surface area contributed by atoms with E-state index in [2.05, 4.69) is 18.3 Å². The third-order valence-corrected chi connectivity index (χ3v) is 3.52. The van der Waals surface area contributed by atoms with Crippen molar-refractivity contribution < 1.29 is 9.53 Å². The van der Waals surface area contributed by atoms with E-state index < -0.39 is 6.09 Å². The molecule has 0 aromatic heterocycles. The fourth-order valence-electron chi connectivity index (χ4n) is 2.20. The van der Waals surface area contributed by atoms with Gasteiger partial charge in [0.25, 0.3) is 0 Å². The van der Waals surface area contributed by atoms with Gasteiger partial charge in [-0.2, -0.15) is 0 Å². The third-order valence-electron chi connectivity index (χ3n) is 3.52. The molecule has 0 saturated heterocycles. The zero-order valence-electron chi connectivity index (χ0n) is 13.0. The Balaban J connectivity index is 1.83. The predicted molar refractivity (Wildman–Crippen MR) is 88.9 cm³/mol. The number of benzene rings is 2. The largest absolute Gasteiger partial charge is 0.449 e. The number of amides is 1. The van der Waals surface area contributed by atoms with Crippen LogP contribution in [0.4, 0.5) is 10.5 Å². The predicted octanol–water partition coefficient (Wildman–Crippen LogP) is 3.81. The Morgan fingerprint density at radius 3 is 2.73 bits per heavy atom. The molecule has 0 fully saturated rings. The number of nitrogens with two attached hydrogens (primary N) is 1. The Labute approximate surface area is 131 Å². The summed E-state index contributed by atoms with van der Waals surface area (Å²) in [7, 11) is 0. The van der Waals surface area contributed by atoms with Gasteiger partial charge in [0.15, 0.2) is 0 Å². The molecule has 0 radical (unpaired) electrons. The van der Waals surface area contributed by atoms with Crippen LogP contribution < -0.4 is 11.1 Å². The van der Waals surface area contributed by atoms with E-state index in [0.717, 1.165) is 5.56 Å². The van der Waals surface area contributed by atoms with Crippen molar-refractivity contribution in [2.24, 2.45) is 5.73 Å². The molecule has 2 aromatic carbocycles. The summed E-state index contributed by atoms with van der Waals surface area (Å²) in [6.07, 6.45) is 0.260. The molecule has 3 N–H and O–H groups in total. The van der Waals surface area contributed by atoms with E-state index in [1.807, 2.05) is 49.4 Å². The van der Waals surface area contributed by atoms with Gasteiger partial charge in [-0.1, -0.05) is 36.4 Å². The quantitative estimate of drug-likeness (QED) is 0.882. The van der Waals surface area contributed by atoms with E-state index in [-0.39, 0.29) is 6.04 Å². The maximum atomic E-state index is 11.8. The number of anilines is 1. The van der Waals surface area contributed by atoms with Crippen LogP contribution in [-0.4, -0.2) is 12.7 Å². The number of carbonyl (C=O) groups excluding carboxylic acids is 1. The van der Waals surface area contributed by atoms with Crippen molar-refractivity contribution in [2.45, 2.75) is 26.3 Å². The second-order valence-electron chi connectivity index (χ2n) is 5.35. The molecule has 2 rings (SSSR count). The minimum absolute atomic E-state index is 0.0705. The number of aryl methyl sites for hydroxylation is 1. The van der Waals surface area contributed by atoms with Gasteiger partial charge in [-0.25, -0.2) is 4.79 Å². The minimum atomic E-state index is -0.449. The first-order valence-electron chi connectivity index (χ1n) is 7.40. The number of rotatable bonds is 5. The van der Waals surface area contributed by atoms with E-state index in [0.29, 0.717) is 18.7 Å². The van der Waals surface area contributed by atoms with E-state index in [1.165, 1.54) is 11.1 Å². The van der Waals surface area contributed by atoms with Gasteiger partial charge in [-0.05, 0) is 42.7 Å². The van der Waals surface area contributed by atoms with Gasteiger partial charge in [-0.15, -0.1) is 0 Å². The molecule has 0 aliphatic rings. The molecule has 4 heteroatoms. The smallest absolute Gasteiger partial charge is 0.411 e. The molecule has 0 spiro atoms. The lowest BCUT2D eigenvalue weighted by Crippen LogP contribution is -2.16. The Bertz CT molecular complexity index is 638. The highest BCUT2D eigenvalue weighted by Crippen LogP contribution is 2.15. The zero-order chi connectivity index (χ0) is 15.9. The summed E-state index contributed by atoms with van der Waals surface area (Å²) < 4.78 is 5.22. The maximum Gasteiger partial charge on any atom is 0.411 e. The molecule has 116 valence electrons. The minimum Gasteiger partial charge on any atom is -0.449 e. The highest BCUT2D eigenvalue weighted by Gasteiger charge is 2.06. The van der Waals surface area contributed by atoms with Gasteiger partial charge in [-0.3, -0.25) is 5.32 Å². The Kier molecular flexibility index (Phi) is 5.55. The third kappa shape index (κ3) is 4.60. The lowest BCUT2D eigenvalue weighted by Gasteiger charge is -2.10. The fraction of sp³-hybridized carbons (Fsp3) is 0.278. The number of hydrogen-bond donors (Lipinski definition) is 2. The van der Waals surface area contributed by atoms with E-state index >= 15 is 0 Å². The molecule has 0 bridgehead atoms. The van der Waals surface area contributed by atoms with E-state index in [9.17, 15) is 4.79 Å². The van der Waals surface area contributed by atoms with Crippen LogP contribution in [0, 0.1) is 6.92 Å². The second kappa shape index (κ2) is 7.61. The van der Waals surface area contributed by atoms with Gasteiger partial charge in [0, 0.05) is 18.2 Å². The topological polar surface area (TPSA) is 64.3 Å². The Morgan fingerprint density at radius 1 is 1.23 bits per heavy atom. The van der Waals surface area contributed by atoms with Crippen molar-refractivity contribution in [1.82, 2.24) is 0 Å². The second-order valence-corrected chi connectivity index (χ2v) is 5.35. The first-order valence-corrected chi connectivity index (χ1v) is 7.40. The van der Waals surface area contributed by atoms with Crippen LogP contribution in [-0.2, 0) is 11.2 Å². The van der Waals surface area contributed by atoms with Crippen LogP contribution in [0.25, 0.3) is 0 Å². The summed E-state index contributed by atoms with van der Waals surface area (Å²) in [5, 5.41) is 2.72. The summed E-state index contributed by atoms with van der Waals surface area (Å²) in [6, 6.07) is 15.5. The molecule has 0 aliphatic heterocycles. The lowest BCUT2D eigenvalue weighted by molar-refractivity contribution is 0.163. The molecule has 0 heterocycles. The van der Waals surface area contributed by atoms with Crippen LogP contribution in [0.1, 0.15) is 29.7 Å². The molecule has 2 aromatic rings. The van der Waals surface area contributed by atoms with Gasteiger partial charge in [0.2, 0.25) is 0 Å². The van der Waals surface area contributed by atoms with E-state index in [4.69, 9.17) is 10.5 Å². The van der Waals surface area contributed by atoms with Crippen LogP contribution in [0.15, 0.2) is 48.5 Å². The monoisotopic (exact) mass is 298 g/mol. The van der Waals surface area contributed by atoms with Crippen LogP contribution >= 0.6 is 0 Å². The summed E-state index contributed by atoms with van der Waals surface area (Å²) in [5.74, 6) is 0. The van der Waals surface area contributed by atoms with Crippen LogP contribution in [0.3, 0.4) is 0 Å². The average Bonchev–Trinajstić information content (AvgIpc) is 2.49. The molecule has 0 unspecified atom stereocenters. The van der Waals surface area contributed by atoms with Crippen molar-refractivity contribution in [3.05, 3.63) is 65.2 Å². The first-order chi connectivity index (χ1) is 10.6. The SMILES string of the molecule is Cc1ccccc1CCOC(=O)Nc1cccc([C@@H](C)N)c1. The first kappa shape index (κ1) is 16.0. The molecule has 0 saturated carbocycles. The fourth-order valence-corrected chi connectivity index (χ4v) is 2.20. The van der Waals surface area contributed by atoms with Crippen molar-refractivity contribution in [3.63, 3.8) is 0 Å². The molecular formula is C18H22N2O2. The van der Waals surface area contributed by atoms with Crippen molar-refractivity contribution in [2.75, 3.05) is 11.9 Å². The molecule has 0 aliphatic carbocycles.